The van der Waals surface area contributed by atoms with Gasteiger partial charge in [-0.25, -0.2) is 9.59 Å². The highest BCUT2D eigenvalue weighted by atomic mass is 16.5. The molecule has 0 aliphatic heterocycles. The summed E-state index contributed by atoms with van der Waals surface area (Å²) < 4.78 is 11.3. The van der Waals surface area contributed by atoms with Crippen LogP contribution in [0.25, 0.3) is 0 Å². The van der Waals surface area contributed by atoms with Crippen molar-refractivity contribution in [1.29, 1.82) is 0 Å². The number of hydrogen-bond donors (Lipinski definition) is 0. The molecule has 0 amide bonds. The molecule has 0 atom stereocenters. The van der Waals surface area contributed by atoms with Gasteiger partial charge in [0.25, 0.3) is 0 Å². The third-order valence-electron chi connectivity index (χ3n) is 9.42. The van der Waals surface area contributed by atoms with Gasteiger partial charge in [0, 0.05) is 12.2 Å². The molecule has 0 unspecified atom stereocenters. The lowest BCUT2D eigenvalue weighted by Crippen LogP contribution is -2.29. The SMILES string of the molecule is CCCCCC1CCC(OC(=O)/C=C/C(=O)OC2CCC(C3CCC(CCCCC)CC3)CC2)CC1. The van der Waals surface area contributed by atoms with E-state index in [9.17, 15) is 9.59 Å². The average Bonchev–Trinajstić information content (AvgIpc) is 2.90. The van der Waals surface area contributed by atoms with Crippen molar-refractivity contribution >= 4 is 11.9 Å². The second-order valence-electron chi connectivity index (χ2n) is 12.2. The lowest BCUT2D eigenvalue weighted by molar-refractivity contribution is -0.147. The van der Waals surface area contributed by atoms with Gasteiger partial charge in [-0.1, -0.05) is 78.1 Å². The Morgan fingerprint density at radius 1 is 0.556 bits per heavy atom. The molecule has 3 aliphatic rings. The zero-order valence-electron chi connectivity index (χ0n) is 23.4. The van der Waals surface area contributed by atoms with E-state index in [-0.39, 0.29) is 12.2 Å². The molecule has 0 aromatic heterocycles. The number of esters is 2. The lowest BCUT2D eigenvalue weighted by atomic mass is 9.70. The van der Waals surface area contributed by atoms with Crippen LogP contribution in [0.5, 0.6) is 0 Å². The lowest BCUT2D eigenvalue weighted by Gasteiger charge is -2.37. The van der Waals surface area contributed by atoms with E-state index in [2.05, 4.69) is 13.8 Å². The summed E-state index contributed by atoms with van der Waals surface area (Å²) in [5.74, 6) is 2.64. The van der Waals surface area contributed by atoms with Gasteiger partial charge in [0.15, 0.2) is 0 Å². The molecule has 4 heteroatoms. The first-order valence-electron chi connectivity index (χ1n) is 15.7. The van der Waals surface area contributed by atoms with E-state index in [1.54, 1.807) is 0 Å². The molecule has 0 N–H and O–H groups in total. The summed E-state index contributed by atoms with van der Waals surface area (Å²) in [6.45, 7) is 4.53. The molecule has 206 valence electrons. The number of unbranched alkanes of at least 4 members (excludes halogenated alkanes) is 4. The van der Waals surface area contributed by atoms with Gasteiger partial charge >= 0.3 is 11.9 Å². The second kappa shape index (κ2) is 16.5. The zero-order chi connectivity index (χ0) is 25.6. The molecule has 3 saturated carbocycles. The summed E-state index contributed by atoms with van der Waals surface area (Å²) in [6.07, 6.45) is 27.4. The van der Waals surface area contributed by atoms with Crippen molar-refractivity contribution in [2.24, 2.45) is 23.7 Å². The molecule has 3 rings (SSSR count). The predicted molar refractivity (Wildman–Crippen MR) is 147 cm³/mol. The highest BCUT2D eigenvalue weighted by Gasteiger charge is 2.31. The Balaban J connectivity index is 1.26. The molecular formula is C32H54O4. The Hall–Kier alpha value is -1.32. The Morgan fingerprint density at radius 3 is 1.33 bits per heavy atom. The molecule has 3 aliphatic carbocycles. The van der Waals surface area contributed by atoms with Crippen molar-refractivity contribution in [3.05, 3.63) is 12.2 Å². The standard InChI is InChI=1S/C32H54O4/c1-3-5-7-9-25-11-15-27(16-12-25)28-17-21-30(22-18-28)36-32(34)24-23-31(33)35-29-19-13-26(14-20-29)10-8-6-4-2/h23-30H,3-22H2,1-2H3/b24-23+. The third-order valence-corrected chi connectivity index (χ3v) is 9.42. The van der Waals surface area contributed by atoms with E-state index in [0.717, 1.165) is 62.2 Å². The summed E-state index contributed by atoms with van der Waals surface area (Å²) in [5, 5.41) is 0. The molecular weight excluding hydrogens is 448 g/mol. The Bertz CT molecular complexity index is 647. The molecule has 0 aromatic carbocycles. The van der Waals surface area contributed by atoms with Gasteiger partial charge < -0.3 is 9.47 Å². The van der Waals surface area contributed by atoms with Gasteiger partial charge in [-0.2, -0.15) is 0 Å². The molecule has 36 heavy (non-hydrogen) atoms. The molecule has 3 fully saturated rings. The monoisotopic (exact) mass is 502 g/mol. The smallest absolute Gasteiger partial charge is 0.331 e. The fourth-order valence-corrected chi connectivity index (χ4v) is 7.07. The maximum Gasteiger partial charge on any atom is 0.331 e. The number of carbonyl (C=O) groups excluding carboxylic acids is 2. The van der Waals surface area contributed by atoms with Gasteiger partial charge in [0.1, 0.15) is 12.2 Å². The topological polar surface area (TPSA) is 52.6 Å². The van der Waals surface area contributed by atoms with E-state index < -0.39 is 11.9 Å². The molecule has 0 saturated heterocycles. The van der Waals surface area contributed by atoms with Gasteiger partial charge in [-0.05, 0) is 87.9 Å². The van der Waals surface area contributed by atoms with Crippen LogP contribution >= 0.6 is 0 Å². The summed E-state index contributed by atoms with van der Waals surface area (Å²) in [6, 6.07) is 0. The number of hydrogen-bond acceptors (Lipinski definition) is 4. The van der Waals surface area contributed by atoms with E-state index in [1.165, 1.54) is 102 Å². The third kappa shape index (κ3) is 10.6. The maximum absolute atomic E-state index is 12.3. The number of ether oxygens (including phenoxy) is 2. The van der Waals surface area contributed by atoms with Crippen molar-refractivity contribution < 1.29 is 19.1 Å². The van der Waals surface area contributed by atoms with Crippen LogP contribution in [0.2, 0.25) is 0 Å². The van der Waals surface area contributed by atoms with Crippen LogP contribution in [-0.2, 0) is 19.1 Å². The largest absolute Gasteiger partial charge is 0.459 e. The number of rotatable bonds is 13. The minimum Gasteiger partial charge on any atom is -0.459 e. The molecule has 0 spiro atoms. The number of carbonyl (C=O) groups is 2. The van der Waals surface area contributed by atoms with Crippen molar-refractivity contribution in [3.63, 3.8) is 0 Å². The minimum absolute atomic E-state index is 0.00211. The summed E-state index contributed by atoms with van der Waals surface area (Å²) in [5.41, 5.74) is 0. The molecule has 0 radical (unpaired) electrons. The Labute approximate surface area is 221 Å². The zero-order valence-corrected chi connectivity index (χ0v) is 23.4. The van der Waals surface area contributed by atoms with Gasteiger partial charge in [-0.15, -0.1) is 0 Å². The highest BCUT2D eigenvalue weighted by Crippen LogP contribution is 2.41. The first kappa shape index (κ1) is 29.2. The minimum atomic E-state index is -0.407. The predicted octanol–water partition coefficient (Wildman–Crippen LogP) is 8.71. The van der Waals surface area contributed by atoms with Crippen LogP contribution < -0.4 is 0 Å². The fourth-order valence-electron chi connectivity index (χ4n) is 7.07. The van der Waals surface area contributed by atoms with Crippen LogP contribution in [0.15, 0.2) is 12.2 Å². The quantitative estimate of drug-likeness (QED) is 0.143. The first-order valence-corrected chi connectivity index (χ1v) is 15.7. The van der Waals surface area contributed by atoms with Crippen LogP contribution in [0, 0.1) is 23.7 Å². The van der Waals surface area contributed by atoms with Crippen LogP contribution in [-0.4, -0.2) is 24.1 Å². The van der Waals surface area contributed by atoms with E-state index in [0.29, 0.717) is 0 Å². The fraction of sp³-hybridized carbons (Fsp3) is 0.875. The summed E-state index contributed by atoms with van der Waals surface area (Å²) >= 11 is 0. The average molecular weight is 503 g/mol. The first-order chi connectivity index (χ1) is 17.6. The molecule has 0 heterocycles. The van der Waals surface area contributed by atoms with Gasteiger partial charge in [0.2, 0.25) is 0 Å². The molecule has 4 nitrogen and oxygen atoms in total. The van der Waals surface area contributed by atoms with E-state index >= 15 is 0 Å². The molecule has 0 bridgehead atoms. The highest BCUT2D eigenvalue weighted by molar-refractivity contribution is 5.91. The van der Waals surface area contributed by atoms with Crippen molar-refractivity contribution in [2.75, 3.05) is 0 Å². The summed E-state index contributed by atoms with van der Waals surface area (Å²) in [4.78, 5) is 24.5. The van der Waals surface area contributed by atoms with E-state index in [4.69, 9.17) is 9.47 Å². The molecule has 0 aromatic rings. The van der Waals surface area contributed by atoms with Crippen LogP contribution in [0.4, 0.5) is 0 Å². The van der Waals surface area contributed by atoms with Crippen LogP contribution in [0.3, 0.4) is 0 Å². The Morgan fingerprint density at radius 2 is 0.917 bits per heavy atom. The van der Waals surface area contributed by atoms with Crippen LogP contribution in [0.1, 0.15) is 142 Å². The second-order valence-corrected chi connectivity index (χ2v) is 12.2. The Kier molecular flexibility index (Phi) is 13.4. The maximum atomic E-state index is 12.3. The normalized spacial score (nSPS) is 31.3. The van der Waals surface area contributed by atoms with Gasteiger partial charge in [-0.3, -0.25) is 0 Å². The van der Waals surface area contributed by atoms with Gasteiger partial charge in [0.05, 0.1) is 0 Å². The van der Waals surface area contributed by atoms with Crippen molar-refractivity contribution in [1.82, 2.24) is 0 Å². The van der Waals surface area contributed by atoms with E-state index in [1.807, 2.05) is 0 Å². The van der Waals surface area contributed by atoms with Crippen molar-refractivity contribution in [2.45, 2.75) is 154 Å². The summed E-state index contributed by atoms with van der Waals surface area (Å²) in [7, 11) is 0. The van der Waals surface area contributed by atoms with Crippen molar-refractivity contribution in [3.8, 4) is 0 Å².